The summed E-state index contributed by atoms with van der Waals surface area (Å²) in [5.41, 5.74) is -0.533. The Balaban J connectivity index is 1.40. The van der Waals surface area contributed by atoms with Crippen molar-refractivity contribution in [3.8, 4) is 0 Å². The first-order valence-electron chi connectivity index (χ1n) is 13.3. The van der Waals surface area contributed by atoms with Crippen molar-refractivity contribution in [3.63, 3.8) is 0 Å². The van der Waals surface area contributed by atoms with Gasteiger partial charge in [0, 0.05) is 35.7 Å². The van der Waals surface area contributed by atoms with Gasteiger partial charge < -0.3 is 10.2 Å². The van der Waals surface area contributed by atoms with Crippen LogP contribution in [0.4, 0.5) is 22.0 Å². The van der Waals surface area contributed by atoms with Crippen LogP contribution in [-0.2, 0) is 30.5 Å². The minimum atomic E-state index is -5.06. The Bertz CT molecular complexity index is 1520. The number of amides is 2. The van der Waals surface area contributed by atoms with Crippen molar-refractivity contribution in [3.05, 3.63) is 105 Å². The Morgan fingerprint density at radius 1 is 1.02 bits per heavy atom. The van der Waals surface area contributed by atoms with Gasteiger partial charge in [-0.05, 0) is 90.8 Å². The molecule has 3 atom stereocenters. The highest BCUT2D eigenvalue weighted by Gasteiger charge is 2.55. The van der Waals surface area contributed by atoms with Crippen LogP contribution in [0.2, 0.25) is 0 Å². The number of carbonyl (C=O) groups excluding carboxylic acids is 2. The minimum Gasteiger partial charge on any atom is -0.348 e. The average Bonchev–Trinajstić information content (AvgIpc) is 3.49. The van der Waals surface area contributed by atoms with E-state index in [1.807, 2.05) is 4.90 Å². The van der Waals surface area contributed by atoms with Crippen LogP contribution in [-0.4, -0.2) is 35.5 Å². The maximum Gasteiger partial charge on any atom is 0.426 e. The van der Waals surface area contributed by atoms with E-state index in [2.05, 4.69) is 5.32 Å². The van der Waals surface area contributed by atoms with Crippen molar-refractivity contribution >= 4 is 11.8 Å². The number of hydrogen-bond donors (Lipinski definition) is 1. The van der Waals surface area contributed by atoms with Crippen molar-refractivity contribution in [1.82, 2.24) is 10.2 Å². The molecule has 1 N–H and O–H groups in total. The molecule has 1 unspecified atom stereocenters. The Morgan fingerprint density at radius 3 is 2.50 bits per heavy atom. The summed E-state index contributed by atoms with van der Waals surface area (Å²) in [7, 11) is 0. The van der Waals surface area contributed by atoms with Crippen molar-refractivity contribution in [1.29, 1.82) is 0 Å². The molecule has 4 nitrogen and oxygen atoms in total. The summed E-state index contributed by atoms with van der Waals surface area (Å²) in [5, 5.41) is 2.75. The fourth-order valence-electron chi connectivity index (χ4n) is 6.76. The van der Waals surface area contributed by atoms with Gasteiger partial charge in [0.15, 0.2) is 0 Å². The van der Waals surface area contributed by atoms with Crippen molar-refractivity contribution in [2.75, 3.05) is 6.54 Å². The number of nitrogens with one attached hydrogen (secondary N) is 1. The molecule has 0 spiro atoms. The second-order valence-electron chi connectivity index (χ2n) is 11.2. The third kappa shape index (κ3) is 4.09. The first kappa shape index (κ1) is 26.5. The van der Waals surface area contributed by atoms with Gasteiger partial charge in [-0.3, -0.25) is 9.59 Å². The third-order valence-corrected chi connectivity index (χ3v) is 8.95. The standard InChI is InChI=1S/C31H27F5N2O2/c1-29(33,31(34,35)36)22-6-10-25-19(15-22)5-11-26-30(25,16-18-2-7-23(32)8-3-18)12-13-38(26)28(40)20-4-9-24-21(14-20)17-37-27(24)39/h2-4,6-10,14-15,26H,5,11-13,16-17H2,1H3,(H,37,39)/t26-,29?,30-/m1/s1. The molecule has 2 amide bonds. The molecule has 1 fully saturated rings. The first-order valence-corrected chi connectivity index (χ1v) is 13.3. The number of nitrogens with zero attached hydrogens (tertiary/aromatic N) is 1. The zero-order chi connectivity index (χ0) is 28.4. The molecule has 6 rings (SSSR count). The SMILES string of the molecule is CC(F)(c1ccc2c(c1)CC[C@H]1N(C(=O)c3ccc4c(c3)CNC4=O)CC[C@@]21Cc1ccc(F)cc1)C(F)(F)F. The predicted molar refractivity (Wildman–Crippen MR) is 138 cm³/mol. The molecule has 3 aromatic rings. The lowest BCUT2D eigenvalue weighted by molar-refractivity contribution is -0.228. The molecule has 3 aliphatic rings. The molecule has 0 aromatic heterocycles. The van der Waals surface area contributed by atoms with E-state index in [0.29, 0.717) is 62.4 Å². The third-order valence-electron chi connectivity index (χ3n) is 8.95. The normalized spacial score (nSPS) is 23.2. The van der Waals surface area contributed by atoms with Crippen LogP contribution in [0.5, 0.6) is 0 Å². The Hall–Kier alpha value is -3.75. The number of aryl methyl sites for hydroxylation is 1. The fourth-order valence-corrected chi connectivity index (χ4v) is 6.76. The van der Waals surface area contributed by atoms with E-state index in [1.165, 1.54) is 24.3 Å². The van der Waals surface area contributed by atoms with Crippen LogP contribution in [0.25, 0.3) is 0 Å². The lowest BCUT2D eigenvalue weighted by Crippen LogP contribution is -2.49. The van der Waals surface area contributed by atoms with Crippen molar-refractivity contribution in [2.45, 2.75) is 62.5 Å². The molecule has 0 saturated carbocycles. The van der Waals surface area contributed by atoms with Crippen LogP contribution in [0, 0.1) is 5.82 Å². The number of halogens is 5. The zero-order valence-corrected chi connectivity index (χ0v) is 21.7. The number of benzene rings is 3. The monoisotopic (exact) mass is 554 g/mol. The molecule has 1 saturated heterocycles. The summed E-state index contributed by atoms with van der Waals surface area (Å²) in [6.07, 6.45) is -3.19. The molecule has 3 aromatic carbocycles. The molecule has 1 aliphatic carbocycles. The van der Waals surface area contributed by atoms with Gasteiger partial charge in [0.05, 0.1) is 0 Å². The summed E-state index contributed by atoms with van der Waals surface area (Å²) in [6, 6.07) is 15.0. The van der Waals surface area contributed by atoms with Gasteiger partial charge in [0.1, 0.15) is 5.82 Å². The van der Waals surface area contributed by atoms with Gasteiger partial charge in [-0.2, -0.15) is 13.2 Å². The molecule has 0 radical (unpaired) electrons. The second-order valence-corrected chi connectivity index (χ2v) is 11.2. The van der Waals surface area contributed by atoms with Gasteiger partial charge in [-0.15, -0.1) is 0 Å². The van der Waals surface area contributed by atoms with Crippen LogP contribution < -0.4 is 5.32 Å². The summed E-state index contributed by atoms with van der Waals surface area (Å²) in [4.78, 5) is 27.6. The first-order chi connectivity index (χ1) is 18.9. The van der Waals surface area contributed by atoms with E-state index in [0.717, 1.165) is 16.7 Å². The number of fused-ring (bicyclic) bond motifs is 4. The molecule has 208 valence electrons. The number of rotatable bonds is 4. The minimum absolute atomic E-state index is 0.174. The van der Waals surface area contributed by atoms with E-state index in [9.17, 15) is 31.5 Å². The number of carbonyl (C=O) groups is 2. The van der Waals surface area contributed by atoms with Gasteiger partial charge in [0.25, 0.3) is 11.8 Å². The quantitative estimate of drug-likeness (QED) is 0.393. The van der Waals surface area contributed by atoms with E-state index < -0.39 is 22.8 Å². The highest BCUT2D eigenvalue weighted by atomic mass is 19.4. The Morgan fingerprint density at radius 2 is 1.77 bits per heavy atom. The summed E-state index contributed by atoms with van der Waals surface area (Å²) in [5.74, 6) is -0.734. The van der Waals surface area contributed by atoms with Gasteiger partial charge in [-0.25, -0.2) is 8.78 Å². The highest BCUT2D eigenvalue weighted by molar-refractivity contribution is 6.01. The molecule has 2 heterocycles. The van der Waals surface area contributed by atoms with Crippen molar-refractivity contribution in [2.24, 2.45) is 0 Å². The number of alkyl halides is 4. The van der Waals surface area contributed by atoms with Crippen molar-refractivity contribution < 1.29 is 31.5 Å². The van der Waals surface area contributed by atoms with E-state index >= 15 is 0 Å². The van der Waals surface area contributed by atoms with E-state index in [-0.39, 0.29) is 23.7 Å². The summed E-state index contributed by atoms with van der Waals surface area (Å²) < 4.78 is 69.1. The molecular weight excluding hydrogens is 527 g/mol. The maximum absolute atomic E-state index is 14.9. The summed E-state index contributed by atoms with van der Waals surface area (Å²) in [6.45, 7) is 1.31. The molecular formula is C31H27F5N2O2. The lowest BCUT2D eigenvalue weighted by atomic mass is 9.63. The van der Waals surface area contributed by atoms with E-state index in [1.54, 1.807) is 36.4 Å². The zero-order valence-electron chi connectivity index (χ0n) is 21.7. The molecule has 9 heteroatoms. The molecule has 0 bridgehead atoms. The van der Waals surface area contributed by atoms with E-state index in [4.69, 9.17) is 0 Å². The number of likely N-dealkylation sites (tertiary alicyclic amines) is 1. The molecule has 2 aliphatic heterocycles. The van der Waals surface area contributed by atoms with Crippen LogP contribution in [0.15, 0.2) is 60.7 Å². The fraction of sp³-hybridized carbons (Fsp3) is 0.355. The largest absolute Gasteiger partial charge is 0.426 e. The predicted octanol–water partition coefficient (Wildman–Crippen LogP) is 6.16. The Kier molecular flexibility index (Phi) is 6.05. The second kappa shape index (κ2) is 9.14. The van der Waals surface area contributed by atoms with Gasteiger partial charge >= 0.3 is 6.18 Å². The van der Waals surface area contributed by atoms with Crippen LogP contribution >= 0.6 is 0 Å². The summed E-state index contributed by atoms with van der Waals surface area (Å²) >= 11 is 0. The highest BCUT2D eigenvalue weighted by Crippen LogP contribution is 2.51. The van der Waals surface area contributed by atoms with Crippen LogP contribution in [0.1, 0.15) is 68.3 Å². The number of hydrogen-bond acceptors (Lipinski definition) is 2. The van der Waals surface area contributed by atoms with Gasteiger partial charge in [0.2, 0.25) is 5.67 Å². The molecule has 40 heavy (non-hydrogen) atoms. The van der Waals surface area contributed by atoms with Gasteiger partial charge in [-0.1, -0.05) is 30.3 Å². The maximum atomic E-state index is 14.9. The average molecular weight is 555 g/mol. The smallest absolute Gasteiger partial charge is 0.348 e. The van der Waals surface area contributed by atoms with Crippen LogP contribution in [0.3, 0.4) is 0 Å². The topological polar surface area (TPSA) is 49.4 Å². The lowest BCUT2D eigenvalue weighted by Gasteiger charge is -2.44. The Labute approximate surface area is 228 Å².